The van der Waals surface area contributed by atoms with Gasteiger partial charge in [-0.25, -0.2) is 0 Å². The monoisotopic (exact) mass is 426 g/mol. The van der Waals surface area contributed by atoms with Gasteiger partial charge in [0.15, 0.2) is 0 Å². The van der Waals surface area contributed by atoms with Crippen LogP contribution in [0.2, 0.25) is 0 Å². The van der Waals surface area contributed by atoms with Crippen molar-refractivity contribution in [2.45, 2.75) is 51.8 Å². The molecule has 0 aliphatic heterocycles. The van der Waals surface area contributed by atoms with Crippen LogP contribution >= 0.6 is 54.8 Å². The van der Waals surface area contributed by atoms with Crippen LogP contribution in [0.1, 0.15) is 57.4 Å². The maximum Gasteiger partial charge on any atom is 0.0757 e. The highest BCUT2D eigenvalue weighted by Crippen LogP contribution is 2.48. The van der Waals surface area contributed by atoms with Gasteiger partial charge >= 0.3 is 0 Å². The van der Waals surface area contributed by atoms with Crippen LogP contribution in [0.15, 0.2) is 13.6 Å². The van der Waals surface area contributed by atoms with E-state index in [1.807, 2.05) is 0 Å². The fraction of sp³-hybridized carbons (Fsp3) is 0.733. The molecule has 0 bridgehead atoms. The molecule has 1 heterocycles. The zero-order chi connectivity index (χ0) is 14.2. The molecule has 108 valence electrons. The van der Waals surface area contributed by atoms with Crippen molar-refractivity contribution in [2.24, 2.45) is 17.3 Å². The Morgan fingerprint density at radius 2 is 1.79 bits per heavy atom. The quantitative estimate of drug-likeness (QED) is 0.430. The van der Waals surface area contributed by atoms with E-state index in [1.54, 1.807) is 11.3 Å². The summed E-state index contributed by atoms with van der Waals surface area (Å²) in [4.78, 5) is 0. The van der Waals surface area contributed by atoms with Crippen molar-refractivity contribution in [2.75, 3.05) is 0 Å². The highest BCUT2D eigenvalue weighted by Gasteiger charge is 2.33. The molecule has 0 amide bonds. The van der Waals surface area contributed by atoms with Gasteiger partial charge in [0, 0.05) is 0 Å². The van der Waals surface area contributed by atoms with Crippen LogP contribution in [0.5, 0.6) is 0 Å². The van der Waals surface area contributed by atoms with Gasteiger partial charge in [0.1, 0.15) is 0 Å². The Labute approximate surface area is 142 Å². The minimum atomic E-state index is 0.151. The predicted octanol–water partition coefficient (Wildman–Crippen LogP) is 7.41. The van der Waals surface area contributed by atoms with E-state index in [2.05, 4.69) is 58.7 Å². The second-order valence-corrected chi connectivity index (χ2v) is 10.9. The van der Waals surface area contributed by atoms with Gasteiger partial charge in [-0.2, -0.15) is 0 Å². The maximum absolute atomic E-state index is 6.72. The lowest BCUT2D eigenvalue weighted by Gasteiger charge is -2.38. The summed E-state index contributed by atoms with van der Waals surface area (Å²) < 4.78 is 2.33. The number of hydrogen-bond donors (Lipinski definition) is 0. The van der Waals surface area contributed by atoms with Gasteiger partial charge in [-0.3, -0.25) is 0 Å². The first-order chi connectivity index (χ1) is 8.79. The molecule has 0 saturated heterocycles. The Bertz CT molecular complexity index is 428. The molecule has 1 fully saturated rings. The summed E-state index contributed by atoms with van der Waals surface area (Å²) in [7, 11) is 0. The first-order valence-electron chi connectivity index (χ1n) is 6.88. The van der Waals surface area contributed by atoms with E-state index >= 15 is 0 Å². The van der Waals surface area contributed by atoms with E-state index in [0.717, 1.165) is 9.70 Å². The third-order valence-corrected chi connectivity index (χ3v) is 7.37. The van der Waals surface area contributed by atoms with E-state index in [4.69, 9.17) is 11.6 Å². The molecule has 0 aromatic carbocycles. The van der Waals surface area contributed by atoms with Gasteiger partial charge in [-0.1, -0.05) is 20.8 Å². The highest BCUT2D eigenvalue weighted by molar-refractivity contribution is 9.12. The molecular formula is C15H21Br2ClS. The summed E-state index contributed by atoms with van der Waals surface area (Å²) in [6.07, 6.45) is 5.16. The summed E-state index contributed by atoms with van der Waals surface area (Å²) in [5.74, 6) is 1.48. The van der Waals surface area contributed by atoms with Gasteiger partial charge < -0.3 is 0 Å². The molecule has 0 N–H and O–H groups in total. The molecule has 1 unspecified atom stereocenters. The minimum Gasteiger partial charge on any atom is -0.121 e. The number of alkyl halides is 1. The zero-order valence-corrected chi connectivity index (χ0v) is 16.4. The number of thiophene rings is 1. The fourth-order valence-corrected chi connectivity index (χ4v) is 6.62. The van der Waals surface area contributed by atoms with Crippen LogP contribution in [0.25, 0.3) is 0 Å². The Morgan fingerprint density at radius 1 is 1.21 bits per heavy atom. The van der Waals surface area contributed by atoms with Gasteiger partial charge in [0.05, 0.1) is 12.9 Å². The average Bonchev–Trinajstić information content (AvgIpc) is 2.66. The number of hydrogen-bond acceptors (Lipinski definition) is 1. The van der Waals surface area contributed by atoms with E-state index in [9.17, 15) is 0 Å². The Hall–Kier alpha value is 0.950. The van der Waals surface area contributed by atoms with Gasteiger partial charge in [-0.05, 0) is 86.4 Å². The third-order valence-electron chi connectivity index (χ3n) is 4.39. The first kappa shape index (κ1) is 16.3. The molecule has 0 nitrogen and oxygen atoms in total. The zero-order valence-electron chi connectivity index (χ0n) is 11.7. The van der Waals surface area contributed by atoms with E-state index < -0.39 is 0 Å². The first-order valence-corrected chi connectivity index (χ1v) is 9.71. The normalized spacial score (nSPS) is 26.4. The second-order valence-electron chi connectivity index (χ2n) is 6.66. The highest BCUT2D eigenvalue weighted by atomic mass is 79.9. The van der Waals surface area contributed by atoms with E-state index in [1.165, 1.54) is 35.0 Å². The van der Waals surface area contributed by atoms with Crippen molar-refractivity contribution >= 4 is 54.8 Å². The molecule has 1 aliphatic carbocycles. The summed E-state index contributed by atoms with van der Waals surface area (Å²) in [6, 6.07) is 2.17. The summed E-state index contributed by atoms with van der Waals surface area (Å²) in [5.41, 5.74) is 1.71. The Kier molecular flexibility index (Phi) is 5.48. The molecule has 4 heteroatoms. The molecule has 0 spiro atoms. The minimum absolute atomic E-state index is 0.151. The van der Waals surface area contributed by atoms with Crippen molar-refractivity contribution in [1.82, 2.24) is 0 Å². The number of halogens is 3. The molecule has 1 atom stereocenters. The van der Waals surface area contributed by atoms with Crippen molar-refractivity contribution in [3.8, 4) is 0 Å². The lowest BCUT2D eigenvalue weighted by Crippen LogP contribution is -2.27. The molecule has 1 aliphatic rings. The standard InChI is InChI=1S/C15H21Br2ClS/c1-15(2,3)10-6-4-9(5-7-10)13(18)11-8-12(16)19-14(11)17/h8-10,13H,4-7H2,1-3H3. The van der Waals surface area contributed by atoms with Crippen molar-refractivity contribution in [1.29, 1.82) is 0 Å². The summed E-state index contributed by atoms with van der Waals surface area (Å²) in [5, 5.41) is 0.151. The molecular weight excluding hydrogens is 407 g/mol. The van der Waals surface area contributed by atoms with Crippen LogP contribution in [0, 0.1) is 17.3 Å². The summed E-state index contributed by atoms with van der Waals surface area (Å²) in [6.45, 7) is 7.09. The second kappa shape index (κ2) is 6.37. The predicted molar refractivity (Wildman–Crippen MR) is 93.2 cm³/mol. The van der Waals surface area contributed by atoms with Crippen LogP contribution in [0.3, 0.4) is 0 Å². The van der Waals surface area contributed by atoms with Crippen LogP contribution in [-0.2, 0) is 0 Å². The molecule has 1 aromatic rings. The summed E-state index contributed by atoms with van der Waals surface area (Å²) >= 11 is 15.6. The van der Waals surface area contributed by atoms with Gasteiger partial charge in [0.2, 0.25) is 0 Å². The third kappa shape index (κ3) is 3.99. The molecule has 19 heavy (non-hydrogen) atoms. The van der Waals surface area contributed by atoms with Crippen molar-refractivity contribution < 1.29 is 0 Å². The topological polar surface area (TPSA) is 0 Å². The van der Waals surface area contributed by atoms with Crippen molar-refractivity contribution in [3.63, 3.8) is 0 Å². The largest absolute Gasteiger partial charge is 0.121 e. The lowest BCUT2D eigenvalue weighted by molar-refractivity contribution is 0.148. The van der Waals surface area contributed by atoms with E-state index in [-0.39, 0.29) is 5.38 Å². The van der Waals surface area contributed by atoms with E-state index in [0.29, 0.717) is 11.3 Å². The van der Waals surface area contributed by atoms with Gasteiger partial charge in [0.25, 0.3) is 0 Å². The molecule has 0 radical (unpaired) electrons. The Balaban J connectivity index is 2.00. The van der Waals surface area contributed by atoms with Crippen LogP contribution in [-0.4, -0.2) is 0 Å². The molecule has 1 aromatic heterocycles. The SMILES string of the molecule is CC(C)(C)C1CCC(C(Cl)c2cc(Br)sc2Br)CC1. The fourth-order valence-electron chi connectivity index (χ4n) is 3.07. The number of rotatable bonds is 2. The smallest absolute Gasteiger partial charge is 0.0757 e. The Morgan fingerprint density at radius 3 is 2.21 bits per heavy atom. The van der Waals surface area contributed by atoms with Crippen LogP contribution < -0.4 is 0 Å². The van der Waals surface area contributed by atoms with Crippen molar-refractivity contribution in [3.05, 3.63) is 19.2 Å². The lowest BCUT2D eigenvalue weighted by atomic mass is 9.69. The van der Waals surface area contributed by atoms with Crippen LogP contribution in [0.4, 0.5) is 0 Å². The maximum atomic E-state index is 6.72. The van der Waals surface area contributed by atoms with Gasteiger partial charge in [-0.15, -0.1) is 22.9 Å². The average molecular weight is 429 g/mol. The molecule has 1 saturated carbocycles. The molecule has 2 rings (SSSR count).